The van der Waals surface area contributed by atoms with E-state index in [-0.39, 0.29) is 18.1 Å². The van der Waals surface area contributed by atoms with Crippen LogP contribution in [0.25, 0.3) is 22.6 Å². The number of aliphatic hydroxyl groups excluding tert-OH is 1. The highest BCUT2D eigenvalue weighted by Gasteiger charge is 2.50. The standard InChI is InChI=1S/C28H35ClN6O5/c1-16-24(23-17(2)33-40-18(23)3)31-25(21-10-20(6-7-22(21)29)39-12-19(36)11-30-4)32-26(16)34-9-8-28(13-34)14-35(15-28)27(37)38-5/h6-7,10,19,30,36H,8-9,11-15H2,1-5H3/t19-/m1/s1. The summed E-state index contributed by atoms with van der Waals surface area (Å²) >= 11 is 6.68. The van der Waals surface area contributed by atoms with Gasteiger partial charge < -0.3 is 34.2 Å². The first-order chi connectivity index (χ1) is 19.1. The maximum atomic E-state index is 12.0. The van der Waals surface area contributed by atoms with E-state index in [0.717, 1.165) is 47.8 Å². The van der Waals surface area contributed by atoms with Gasteiger partial charge in [0.05, 0.1) is 29.1 Å². The minimum Gasteiger partial charge on any atom is -0.491 e. The number of nitrogens with one attached hydrogen (secondary N) is 1. The van der Waals surface area contributed by atoms with Gasteiger partial charge in [0.2, 0.25) is 0 Å². The van der Waals surface area contributed by atoms with Crippen molar-refractivity contribution in [3.63, 3.8) is 0 Å². The normalized spacial score (nSPS) is 16.8. The summed E-state index contributed by atoms with van der Waals surface area (Å²) in [5.74, 6) is 2.48. The molecule has 0 unspecified atom stereocenters. The number of halogens is 1. The SMILES string of the molecule is CNC[C@@H](O)COc1ccc(Cl)c(-c2nc(-c3c(C)noc3C)c(C)c(N3CCC4(CN(C(=O)OC)C4)C3)n2)c1. The molecule has 214 valence electrons. The van der Waals surface area contributed by atoms with E-state index < -0.39 is 6.10 Å². The van der Waals surface area contributed by atoms with Gasteiger partial charge in [-0.1, -0.05) is 16.8 Å². The first kappa shape index (κ1) is 28.1. The fraction of sp³-hybridized carbons (Fsp3) is 0.500. The number of ether oxygens (including phenoxy) is 2. The quantitative estimate of drug-likeness (QED) is 0.414. The van der Waals surface area contributed by atoms with Crippen LogP contribution in [0.15, 0.2) is 22.7 Å². The number of hydrogen-bond donors (Lipinski definition) is 2. The van der Waals surface area contributed by atoms with Gasteiger partial charge in [0, 0.05) is 49.3 Å². The van der Waals surface area contributed by atoms with Crippen molar-refractivity contribution < 1.29 is 23.9 Å². The van der Waals surface area contributed by atoms with Crippen LogP contribution in [0.5, 0.6) is 5.75 Å². The first-order valence-electron chi connectivity index (χ1n) is 13.3. The van der Waals surface area contributed by atoms with Crippen molar-refractivity contribution >= 4 is 23.5 Å². The lowest BCUT2D eigenvalue weighted by molar-refractivity contribution is 0.0169. The summed E-state index contributed by atoms with van der Waals surface area (Å²) in [5.41, 5.74) is 3.84. The zero-order chi connectivity index (χ0) is 28.6. The predicted molar refractivity (Wildman–Crippen MR) is 151 cm³/mol. The summed E-state index contributed by atoms with van der Waals surface area (Å²) in [6.07, 6.45) is 0.000894. The summed E-state index contributed by atoms with van der Waals surface area (Å²) < 4.78 is 16.2. The molecule has 1 aromatic carbocycles. The Kier molecular flexibility index (Phi) is 7.89. The Morgan fingerprint density at radius 3 is 2.70 bits per heavy atom. The topological polar surface area (TPSA) is 126 Å². The molecule has 0 bridgehead atoms. The van der Waals surface area contributed by atoms with E-state index in [1.807, 2.05) is 20.8 Å². The molecule has 0 saturated carbocycles. The molecule has 2 aromatic heterocycles. The molecule has 2 aliphatic heterocycles. The number of hydrogen-bond acceptors (Lipinski definition) is 10. The monoisotopic (exact) mass is 570 g/mol. The Hall–Kier alpha value is -3.41. The summed E-state index contributed by atoms with van der Waals surface area (Å²) in [6.45, 7) is 9.21. The average molecular weight is 571 g/mol. The number of aryl methyl sites for hydroxylation is 2. The predicted octanol–water partition coefficient (Wildman–Crippen LogP) is 3.61. The number of likely N-dealkylation sites (tertiary alicyclic amines) is 1. The number of rotatable bonds is 8. The van der Waals surface area contributed by atoms with E-state index in [0.29, 0.717) is 47.6 Å². The van der Waals surface area contributed by atoms with Crippen LogP contribution in [0.3, 0.4) is 0 Å². The Morgan fingerprint density at radius 2 is 2.02 bits per heavy atom. The van der Waals surface area contributed by atoms with Crippen LogP contribution in [-0.4, -0.2) is 90.8 Å². The molecule has 1 atom stereocenters. The third kappa shape index (κ3) is 5.33. The van der Waals surface area contributed by atoms with Gasteiger partial charge in [-0.25, -0.2) is 14.8 Å². The van der Waals surface area contributed by atoms with Gasteiger partial charge in [0.1, 0.15) is 30.0 Å². The number of carbonyl (C=O) groups is 1. The van der Waals surface area contributed by atoms with E-state index in [1.54, 1.807) is 30.1 Å². The van der Waals surface area contributed by atoms with E-state index in [4.69, 9.17) is 35.6 Å². The Morgan fingerprint density at radius 1 is 1.25 bits per heavy atom. The first-order valence-corrected chi connectivity index (χ1v) is 13.7. The van der Waals surface area contributed by atoms with Crippen molar-refractivity contribution in [3.05, 3.63) is 40.2 Å². The van der Waals surface area contributed by atoms with Crippen LogP contribution in [0.2, 0.25) is 5.02 Å². The van der Waals surface area contributed by atoms with Crippen LogP contribution in [0.1, 0.15) is 23.4 Å². The van der Waals surface area contributed by atoms with Crippen molar-refractivity contribution in [3.8, 4) is 28.4 Å². The Labute approximate surface area is 238 Å². The number of aliphatic hydroxyl groups is 1. The highest BCUT2D eigenvalue weighted by atomic mass is 35.5. The van der Waals surface area contributed by atoms with Gasteiger partial charge >= 0.3 is 6.09 Å². The fourth-order valence-electron chi connectivity index (χ4n) is 5.65. The molecule has 40 heavy (non-hydrogen) atoms. The van der Waals surface area contributed by atoms with Crippen molar-refractivity contribution in [1.82, 2.24) is 25.3 Å². The van der Waals surface area contributed by atoms with Crippen LogP contribution in [0, 0.1) is 26.2 Å². The molecule has 5 rings (SSSR count). The number of likely N-dealkylation sites (N-methyl/N-ethyl adjacent to an activating group) is 1. The third-order valence-corrected chi connectivity index (χ3v) is 8.00. The maximum Gasteiger partial charge on any atom is 0.409 e. The molecule has 4 heterocycles. The van der Waals surface area contributed by atoms with Gasteiger partial charge in [0.25, 0.3) is 0 Å². The summed E-state index contributed by atoms with van der Waals surface area (Å²) in [7, 11) is 3.18. The molecule has 2 aliphatic rings. The molecule has 3 aromatic rings. The molecule has 2 fully saturated rings. The average Bonchev–Trinajstić information content (AvgIpc) is 3.51. The Bertz CT molecular complexity index is 1390. The van der Waals surface area contributed by atoms with Crippen LogP contribution < -0.4 is 15.0 Å². The van der Waals surface area contributed by atoms with Gasteiger partial charge in [-0.3, -0.25) is 0 Å². The molecular formula is C28H35ClN6O5. The lowest BCUT2D eigenvalue weighted by atomic mass is 9.79. The smallest absolute Gasteiger partial charge is 0.409 e. The lowest BCUT2D eigenvalue weighted by Crippen LogP contribution is -2.59. The molecule has 2 saturated heterocycles. The number of anilines is 1. The second-order valence-corrected chi connectivity index (χ2v) is 11.1. The van der Waals surface area contributed by atoms with Crippen molar-refractivity contribution in [2.75, 3.05) is 58.4 Å². The zero-order valence-corrected chi connectivity index (χ0v) is 24.2. The molecule has 0 radical (unpaired) electrons. The number of benzene rings is 1. The molecule has 2 N–H and O–H groups in total. The van der Waals surface area contributed by atoms with Crippen LogP contribution >= 0.6 is 11.6 Å². The van der Waals surface area contributed by atoms with E-state index in [9.17, 15) is 9.90 Å². The minimum atomic E-state index is -0.651. The highest BCUT2D eigenvalue weighted by molar-refractivity contribution is 6.33. The lowest BCUT2D eigenvalue weighted by Gasteiger charge is -2.46. The number of carbonyl (C=O) groups excluding carboxylic acids is 1. The number of amides is 1. The molecule has 1 spiro atoms. The molecule has 1 amide bonds. The van der Waals surface area contributed by atoms with Crippen molar-refractivity contribution in [2.45, 2.75) is 33.3 Å². The van der Waals surface area contributed by atoms with E-state index in [2.05, 4.69) is 15.4 Å². The number of nitrogens with zero attached hydrogens (tertiary/aromatic N) is 5. The van der Waals surface area contributed by atoms with Crippen molar-refractivity contribution in [2.24, 2.45) is 5.41 Å². The Balaban J connectivity index is 1.52. The summed E-state index contributed by atoms with van der Waals surface area (Å²) in [4.78, 5) is 26.0. The second kappa shape index (κ2) is 11.2. The van der Waals surface area contributed by atoms with Crippen molar-refractivity contribution in [1.29, 1.82) is 0 Å². The third-order valence-electron chi connectivity index (χ3n) is 7.67. The molecule has 0 aliphatic carbocycles. The summed E-state index contributed by atoms with van der Waals surface area (Å²) in [5, 5.41) is 17.6. The van der Waals surface area contributed by atoms with E-state index in [1.165, 1.54) is 7.11 Å². The van der Waals surface area contributed by atoms with Gasteiger partial charge in [-0.15, -0.1) is 0 Å². The zero-order valence-electron chi connectivity index (χ0n) is 23.5. The highest BCUT2D eigenvalue weighted by Crippen LogP contribution is 2.43. The van der Waals surface area contributed by atoms with Crippen LogP contribution in [0.4, 0.5) is 10.6 Å². The fourth-order valence-corrected chi connectivity index (χ4v) is 5.85. The molecule has 11 nitrogen and oxygen atoms in total. The largest absolute Gasteiger partial charge is 0.491 e. The van der Waals surface area contributed by atoms with Gasteiger partial charge in [-0.05, 0) is 52.4 Å². The maximum absolute atomic E-state index is 12.0. The second-order valence-electron chi connectivity index (χ2n) is 10.7. The summed E-state index contributed by atoms with van der Waals surface area (Å²) in [6, 6.07) is 5.30. The number of aromatic nitrogens is 3. The molecule has 12 heteroatoms. The van der Waals surface area contributed by atoms with Crippen LogP contribution in [-0.2, 0) is 4.74 Å². The van der Waals surface area contributed by atoms with Gasteiger partial charge in [0.15, 0.2) is 5.82 Å². The minimum absolute atomic E-state index is 0.00845. The van der Waals surface area contributed by atoms with Gasteiger partial charge in [-0.2, -0.15) is 0 Å². The molecular weight excluding hydrogens is 536 g/mol. The number of methoxy groups -OCH3 is 1. The van der Waals surface area contributed by atoms with E-state index >= 15 is 0 Å².